The lowest BCUT2D eigenvalue weighted by atomic mass is 10.1. The van der Waals surface area contributed by atoms with Gasteiger partial charge in [-0.1, -0.05) is 19.1 Å². The van der Waals surface area contributed by atoms with Gasteiger partial charge in [-0.15, -0.1) is 0 Å². The van der Waals surface area contributed by atoms with Gasteiger partial charge in [0.2, 0.25) is 0 Å². The minimum absolute atomic E-state index is 0.00516. The highest BCUT2D eigenvalue weighted by atomic mass is 19.4. The molecule has 0 radical (unpaired) electrons. The Labute approximate surface area is 120 Å². The predicted molar refractivity (Wildman–Crippen MR) is 74.3 cm³/mol. The van der Waals surface area contributed by atoms with Crippen LogP contribution < -0.4 is 5.32 Å². The molecule has 0 saturated carbocycles. The van der Waals surface area contributed by atoms with E-state index in [1.54, 1.807) is 13.0 Å². The summed E-state index contributed by atoms with van der Waals surface area (Å²) in [5.41, 5.74) is 0.591. The van der Waals surface area contributed by atoms with Crippen molar-refractivity contribution in [3.05, 3.63) is 33.9 Å². The maximum absolute atomic E-state index is 12.6. The zero-order chi connectivity index (χ0) is 16.0. The normalized spacial score (nSPS) is 11.7. The van der Waals surface area contributed by atoms with Crippen molar-refractivity contribution in [3.63, 3.8) is 0 Å². The highest BCUT2D eigenvalue weighted by molar-refractivity contribution is 5.66. The van der Waals surface area contributed by atoms with Crippen LogP contribution in [0.5, 0.6) is 0 Å². The number of anilines is 1. The number of benzene rings is 1. The van der Waals surface area contributed by atoms with Gasteiger partial charge < -0.3 is 5.32 Å². The van der Waals surface area contributed by atoms with Crippen molar-refractivity contribution >= 4 is 11.4 Å². The molecule has 0 fully saturated rings. The number of para-hydroxylation sites is 1. The van der Waals surface area contributed by atoms with E-state index in [1.807, 2.05) is 0 Å². The maximum Gasteiger partial charge on any atom is 0.401 e. The Hall–Kier alpha value is -1.83. The second kappa shape index (κ2) is 7.26. The lowest BCUT2D eigenvalue weighted by Crippen LogP contribution is -2.34. The Kier molecular flexibility index (Phi) is 5.95. The molecule has 0 aliphatic heterocycles. The van der Waals surface area contributed by atoms with Crippen LogP contribution in [0.3, 0.4) is 0 Å². The second-order valence-electron chi connectivity index (χ2n) is 4.64. The number of nitro benzene ring substituents is 1. The Balaban J connectivity index is 3.03. The maximum atomic E-state index is 12.6. The first kappa shape index (κ1) is 17.2. The summed E-state index contributed by atoms with van der Waals surface area (Å²) in [6.07, 6.45) is -3.73. The van der Waals surface area contributed by atoms with E-state index >= 15 is 0 Å². The first-order chi connectivity index (χ1) is 9.78. The van der Waals surface area contributed by atoms with Gasteiger partial charge in [0.25, 0.3) is 5.69 Å². The molecule has 0 bridgehead atoms. The highest BCUT2D eigenvalue weighted by Crippen LogP contribution is 2.29. The van der Waals surface area contributed by atoms with Crippen molar-refractivity contribution in [2.45, 2.75) is 26.1 Å². The summed E-state index contributed by atoms with van der Waals surface area (Å²) in [5, 5.41) is 13.7. The van der Waals surface area contributed by atoms with Crippen LogP contribution in [-0.4, -0.2) is 36.1 Å². The lowest BCUT2D eigenvalue weighted by molar-refractivity contribution is -0.384. The zero-order valence-electron chi connectivity index (χ0n) is 11.9. The second-order valence-corrected chi connectivity index (χ2v) is 4.64. The third-order valence-electron chi connectivity index (χ3n) is 2.91. The predicted octanol–water partition coefficient (Wildman–Crippen LogP) is 3.41. The molecule has 5 nitrogen and oxygen atoms in total. The molecule has 0 atom stereocenters. The van der Waals surface area contributed by atoms with Gasteiger partial charge in [-0.2, -0.15) is 13.2 Å². The van der Waals surface area contributed by atoms with E-state index in [0.717, 1.165) is 0 Å². The van der Waals surface area contributed by atoms with Gasteiger partial charge in [-0.25, -0.2) is 0 Å². The summed E-state index contributed by atoms with van der Waals surface area (Å²) in [7, 11) is 1.51. The monoisotopic (exact) mass is 305 g/mol. The van der Waals surface area contributed by atoms with Crippen LogP contribution in [0.1, 0.15) is 18.9 Å². The molecule has 0 spiro atoms. The average molecular weight is 305 g/mol. The number of hydrogen-bond donors (Lipinski definition) is 1. The quantitative estimate of drug-likeness (QED) is 0.619. The molecule has 1 N–H and O–H groups in total. The van der Waals surface area contributed by atoms with Gasteiger partial charge in [0.1, 0.15) is 5.69 Å². The Morgan fingerprint density at radius 2 is 2.05 bits per heavy atom. The standard InChI is InChI=1S/C13H18F3N3O2/c1-3-7-18(9-13(14,15)16)8-10-5-4-6-11(19(20)21)12(10)17-2/h4-6,17H,3,7-9H2,1-2H3. The summed E-state index contributed by atoms with van der Waals surface area (Å²) in [6, 6.07) is 4.40. The molecule has 118 valence electrons. The van der Waals surface area contributed by atoms with Crippen molar-refractivity contribution in [2.75, 3.05) is 25.5 Å². The topological polar surface area (TPSA) is 58.4 Å². The molecule has 1 aromatic carbocycles. The molecule has 1 rings (SSSR count). The molecular weight excluding hydrogens is 287 g/mol. The lowest BCUT2D eigenvalue weighted by Gasteiger charge is -2.24. The number of hydrogen-bond acceptors (Lipinski definition) is 4. The van der Waals surface area contributed by atoms with Crippen LogP contribution in [0.25, 0.3) is 0 Å². The van der Waals surface area contributed by atoms with Gasteiger partial charge in [0, 0.05) is 19.7 Å². The third kappa shape index (κ3) is 5.22. The molecule has 0 aromatic heterocycles. The zero-order valence-corrected chi connectivity index (χ0v) is 11.9. The van der Waals surface area contributed by atoms with Crippen LogP contribution in [-0.2, 0) is 6.54 Å². The van der Waals surface area contributed by atoms with Crippen molar-refractivity contribution in [1.82, 2.24) is 4.90 Å². The highest BCUT2D eigenvalue weighted by Gasteiger charge is 2.31. The Morgan fingerprint density at radius 3 is 2.52 bits per heavy atom. The van der Waals surface area contributed by atoms with Gasteiger partial charge in [0.15, 0.2) is 0 Å². The SMILES string of the molecule is CCCN(Cc1cccc([N+](=O)[O-])c1NC)CC(F)(F)F. The summed E-state index contributed by atoms with van der Waals surface area (Å²) in [5.74, 6) is 0. The van der Waals surface area contributed by atoms with Gasteiger partial charge in [-0.05, 0) is 18.5 Å². The van der Waals surface area contributed by atoms with E-state index in [0.29, 0.717) is 12.0 Å². The Bertz CT molecular complexity index is 492. The summed E-state index contributed by atoms with van der Waals surface area (Å²) in [4.78, 5) is 11.6. The summed E-state index contributed by atoms with van der Waals surface area (Å²) in [6.45, 7) is 1.03. The minimum atomic E-state index is -4.30. The molecule has 0 amide bonds. The van der Waals surface area contributed by atoms with Crippen molar-refractivity contribution in [3.8, 4) is 0 Å². The van der Waals surface area contributed by atoms with Crippen LogP contribution in [0.4, 0.5) is 24.5 Å². The Morgan fingerprint density at radius 1 is 1.38 bits per heavy atom. The average Bonchev–Trinajstić information content (AvgIpc) is 2.36. The fraction of sp³-hybridized carbons (Fsp3) is 0.538. The molecule has 0 aliphatic rings. The molecule has 0 unspecified atom stereocenters. The van der Waals surface area contributed by atoms with E-state index in [2.05, 4.69) is 5.32 Å². The van der Waals surface area contributed by atoms with Crippen LogP contribution in [0.2, 0.25) is 0 Å². The fourth-order valence-corrected chi connectivity index (χ4v) is 2.18. The van der Waals surface area contributed by atoms with Gasteiger partial charge in [0.05, 0.1) is 11.5 Å². The summed E-state index contributed by atoms with van der Waals surface area (Å²) >= 11 is 0. The fourth-order valence-electron chi connectivity index (χ4n) is 2.18. The third-order valence-corrected chi connectivity index (χ3v) is 2.91. The number of rotatable bonds is 7. The molecule has 21 heavy (non-hydrogen) atoms. The molecule has 1 aromatic rings. The molecular formula is C13H18F3N3O2. The first-order valence-electron chi connectivity index (χ1n) is 6.51. The molecule has 0 saturated heterocycles. The number of nitrogens with one attached hydrogen (secondary N) is 1. The number of nitrogens with zero attached hydrogens (tertiary/aromatic N) is 2. The van der Waals surface area contributed by atoms with E-state index in [-0.39, 0.29) is 24.5 Å². The van der Waals surface area contributed by atoms with Gasteiger partial charge in [-0.3, -0.25) is 15.0 Å². The van der Waals surface area contributed by atoms with E-state index in [9.17, 15) is 23.3 Å². The van der Waals surface area contributed by atoms with Crippen molar-refractivity contribution in [1.29, 1.82) is 0 Å². The van der Waals surface area contributed by atoms with Crippen molar-refractivity contribution in [2.24, 2.45) is 0 Å². The molecule has 8 heteroatoms. The number of nitro groups is 1. The number of alkyl halides is 3. The van der Waals surface area contributed by atoms with E-state index < -0.39 is 17.6 Å². The van der Waals surface area contributed by atoms with Gasteiger partial charge >= 0.3 is 6.18 Å². The van der Waals surface area contributed by atoms with Crippen LogP contribution in [0.15, 0.2) is 18.2 Å². The first-order valence-corrected chi connectivity index (χ1v) is 6.51. The van der Waals surface area contributed by atoms with Crippen LogP contribution in [0, 0.1) is 10.1 Å². The van der Waals surface area contributed by atoms with Crippen molar-refractivity contribution < 1.29 is 18.1 Å². The molecule has 0 heterocycles. The minimum Gasteiger partial charge on any atom is -0.382 e. The van der Waals surface area contributed by atoms with Crippen LogP contribution >= 0.6 is 0 Å². The summed E-state index contributed by atoms with van der Waals surface area (Å²) < 4.78 is 37.7. The largest absolute Gasteiger partial charge is 0.401 e. The smallest absolute Gasteiger partial charge is 0.382 e. The van der Waals surface area contributed by atoms with E-state index in [4.69, 9.17) is 0 Å². The number of halogens is 3. The van der Waals surface area contributed by atoms with E-state index in [1.165, 1.54) is 24.1 Å². The molecule has 0 aliphatic carbocycles.